The maximum Gasteiger partial charge on any atom is 0.0713 e. The van der Waals surface area contributed by atoms with E-state index in [4.69, 9.17) is 6.58 Å². The number of fused-ring (bicyclic) bond motifs is 7. The topological polar surface area (TPSA) is 8.17 Å². The quantitative estimate of drug-likeness (QED) is 0.156. The van der Waals surface area contributed by atoms with E-state index in [9.17, 15) is 0 Å². The zero-order valence-electron chi connectivity index (χ0n) is 34.7. The van der Waals surface area contributed by atoms with Crippen LogP contribution in [0.2, 0.25) is 0 Å². The van der Waals surface area contributed by atoms with Crippen LogP contribution in [-0.4, -0.2) is 4.57 Å². The number of para-hydroxylation sites is 2. The van der Waals surface area contributed by atoms with Gasteiger partial charge in [-0.25, -0.2) is 0 Å². The lowest BCUT2D eigenvalue weighted by molar-refractivity contribution is 0.766. The molecule has 1 heterocycles. The highest BCUT2D eigenvalue weighted by atomic mass is 15.1. The number of anilines is 2. The van der Waals surface area contributed by atoms with Crippen LogP contribution in [0.15, 0.2) is 241 Å². The van der Waals surface area contributed by atoms with Crippen LogP contribution in [0.1, 0.15) is 37.8 Å². The van der Waals surface area contributed by atoms with Crippen molar-refractivity contribution in [2.75, 3.05) is 4.90 Å². The van der Waals surface area contributed by atoms with Crippen LogP contribution in [0, 0.1) is 0 Å². The molecule has 2 heteroatoms. The number of aromatic nitrogens is 1. The van der Waals surface area contributed by atoms with Gasteiger partial charge in [-0.3, -0.25) is 0 Å². The second-order valence-corrected chi connectivity index (χ2v) is 16.5. The summed E-state index contributed by atoms with van der Waals surface area (Å²) in [5.74, 6) is 0. The summed E-state index contributed by atoms with van der Waals surface area (Å²) in [6.07, 6.45) is 8.65. The van der Waals surface area contributed by atoms with Crippen LogP contribution < -0.4 is 4.90 Å². The summed E-state index contributed by atoms with van der Waals surface area (Å²) >= 11 is 0. The van der Waals surface area contributed by atoms with Crippen molar-refractivity contribution in [2.45, 2.75) is 32.1 Å². The van der Waals surface area contributed by atoms with Gasteiger partial charge in [0.05, 0.1) is 16.4 Å². The Kier molecular flexibility index (Phi) is 8.65. The molecule has 292 valence electrons. The first-order valence-corrected chi connectivity index (χ1v) is 21.4. The van der Waals surface area contributed by atoms with Crippen molar-refractivity contribution >= 4 is 38.8 Å². The molecule has 1 atom stereocenters. The summed E-state index contributed by atoms with van der Waals surface area (Å²) in [6, 6.07) is 64.2. The Morgan fingerprint density at radius 1 is 0.607 bits per heavy atom. The second-order valence-electron chi connectivity index (χ2n) is 16.5. The Labute approximate surface area is 358 Å². The van der Waals surface area contributed by atoms with Crippen LogP contribution in [0.25, 0.3) is 55.3 Å². The first-order valence-electron chi connectivity index (χ1n) is 21.4. The Hall–Kier alpha value is -7.42. The predicted octanol–water partition coefficient (Wildman–Crippen LogP) is 15.7. The van der Waals surface area contributed by atoms with E-state index in [2.05, 4.69) is 224 Å². The van der Waals surface area contributed by atoms with E-state index in [1.807, 2.05) is 0 Å². The molecular formula is C59H46N2. The van der Waals surface area contributed by atoms with Crippen molar-refractivity contribution in [3.8, 4) is 27.9 Å². The van der Waals surface area contributed by atoms with Gasteiger partial charge in [0.15, 0.2) is 0 Å². The molecule has 0 N–H and O–H groups in total. The molecule has 11 rings (SSSR count). The van der Waals surface area contributed by atoms with Gasteiger partial charge in [0, 0.05) is 33.5 Å². The molecule has 0 bridgehead atoms. The van der Waals surface area contributed by atoms with Crippen LogP contribution in [0.3, 0.4) is 0 Å². The standard InChI is InChI=1S/C59H46N2/c1-5-49-39(3)54(6-2)59(40(49)4)55-23-15-13-21-50(55)51-35-34-48(38-56(51)59)60(46-30-25-42(26-31-46)41-17-9-7-10-18-41)47-32-27-43(28-33-47)44-29-36-58-53(37-44)52-22-14-16-24-57(52)61(58)45-19-11-8-12-20-45/h5-33,36-38H,2,4,34-35H2,1,3H3/b49-5-. The zero-order valence-corrected chi connectivity index (χ0v) is 34.7. The Morgan fingerprint density at radius 2 is 1.20 bits per heavy atom. The maximum atomic E-state index is 4.86. The molecule has 1 spiro atoms. The van der Waals surface area contributed by atoms with Crippen LogP contribution in [-0.2, 0) is 5.41 Å². The molecule has 8 aromatic rings. The molecule has 1 unspecified atom stereocenters. The van der Waals surface area contributed by atoms with Crippen LogP contribution >= 0.6 is 0 Å². The van der Waals surface area contributed by atoms with Crippen molar-refractivity contribution < 1.29 is 0 Å². The first-order chi connectivity index (χ1) is 30.0. The highest BCUT2D eigenvalue weighted by molar-refractivity contribution is 6.10. The minimum Gasteiger partial charge on any atom is -0.314 e. The van der Waals surface area contributed by atoms with Gasteiger partial charge in [0.2, 0.25) is 0 Å². The zero-order chi connectivity index (χ0) is 41.2. The summed E-state index contributed by atoms with van der Waals surface area (Å²) in [5.41, 5.74) is 21.7. The summed E-state index contributed by atoms with van der Waals surface area (Å²) < 4.78 is 2.37. The average Bonchev–Trinajstić information content (AvgIpc) is 3.89. The number of benzene rings is 7. The molecule has 7 aromatic carbocycles. The molecular weight excluding hydrogens is 737 g/mol. The van der Waals surface area contributed by atoms with E-state index in [-0.39, 0.29) is 0 Å². The van der Waals surface area contributed by atoms with E-state index in [0.29, 0.717) is 0 Å². The largest absolute Gasteiger partial charge is 0.314 e. The van der Waals surface area contributed by atoms with E-state index in [1.54, 1.807) is 0 Å². The molecule has 1 aromatic heterocycles. The summed E-state index contributed by atoms with van der Waals surface area (Å²) in [6.45, 7) is 13.6. The van der Waals surface area contributed by atoms with E-state index >= 15 is 0 Å². The van der Waals surface area contributed by atoms with E-state index < -0.39 is 5.41 Å². The highest BCUT2D eigenvalue weighted by Crippen LogP contribution is 2.64. The number of hydrogen-bond acceptors (Lipinski definition) is 1. The number of hydrogen-bond donors (Lipinski definition) is 0. The minimum absolute atomic E-state index is 0.472. The third-order valence-corrected chi connectivity index (χ3v) is 13.5. The van der Waals surface area contributed by atoms with Gasteiger partial charge in [-0.1, -0.05) is 147 Å². The fourth-order valence-electron chi connectivity index (χ4n) is 10.8. The van der Waals surface area contributed by atoms with Gasteiger partial charge in [0.1, 0.15) is 0 Å². The van der Waals surface area contributed by atoms with Crippen LogP contribution in [0.4, 0.5) is 11.4 Å². The minimum atomic E-state index is -0.472. The lowest BCUT2D eigenvalue weighted by Crippen LogP contribution is -2.29. The number of nitrogens with zero attached hydrogens (tertiary/aromatic N) is 2. The number of allylic oxidation sites excluding steroid dienone is 10. The molecule has 0 amide bonds. The van der Waals surface area contributed by atoms with Gasteiger partial charge < -0.3 is 9.47 Å². The molecule has 0 fully saturated rings. The van der Waals surface area contributed by atoms with Crippen molar-refractivity contribution in [2.24, 2.45) is 0 Å². The smallest absolute Gasteiger partial charge is 0.0713 e. The van der Waals surface area contributed by atoms with Gasteiger partial charge in [-0.2, -0.15) is 0 Å². The van der Waals surface area contributed by atoms with Gasteiger partial charge in [0.25, 0.3) is 0 Å². The normalized spacial score (nSPS) is 17.7. The lowest BCUT2D eigenvalue weighted by Gasteiger charge is -2.36. The number of rotatable bonds is 7. The predicted molar refractivity (Wildman–Crippen MR) is 258 cm³/mol. The molecule has 0 saturated carbocycles. The second kappa shape index (κ2) is 14.4. The monoisotopic (exact) mass is 782 g/mol. The van der Waals surface area contributed by atoms with Crippen LogP contribution in [0.5, 0.6) is 0 Å². The molecule has 2 nitrogen and oxygen atoms in total. The summed E-state index contributed by atoms with van der Waals surface area (Å²) in [4.78, 5) is 2.48. The third-order valence-electron chi connectivity index (χ3n) is 13.5. The molecule has 0 aliphatic heterocycles. The van der Waals surface area contributed by atoms with Gasteiger partial charge in [-0.15, -0.1) is 0 Å². The van der Waals surface area contributed by atoms with Crippen molar-refractivity contribution in [3.63, 3.8) is 0 Å². The molecule has 3 aliphatic carbocycles. The Morgan fingerprint density at radius 3 is 1.90 bits per heavy atom. The molecule has 61 heavy (non-hydrogen) atoms. The fourth-order valence-corrected chi connectivity index (χ4v) is 10.8. The summed E-state index contributed by atoms with van der Waals surface area (Å²) in [7, 11) is 0. The fraction of sp³-hybridized carbons (Fsp3) is 0.0847. The van der Waals surface area contributed by atoms with Crippen molar-refractivity contribution in [1.82, 2.24) is 4.57 Å². The summed E-state index contributed by atoms with van der Waals surface area (Å²) in [5, 5.41) is 2.51. The Bertz CT molecular complexity index is 3200. The van der Waals surface area contributed by atoms with Crippen molar-refractivity contribution in [1.29, 1.82) is 0 Å². The van der Waals surface area contributed by atoms with Gasteiger partial charge in [-0.05, 0) is 154 Å². The lowest BCUT2D eigenvalue weighted by atomic mass is 9.68. The SMILES string of the molecule is C=CC1=C(C)/C(=C/C)C(=C)C12C1=C(CCC(N(c3ccc(-c4ccccc4)cc3)c3ccc(-c4ccc5c(c4)c4ccccc4n5-c4ccccc4)cc3)=C1)c1ccccc12. The first kappa shape index (κ1) is 36.6. The third kappa shape index (κ3) is 5.49. The molecule has 3 aliphatic rings. The van der Waals surface area contributed by atoms with Crippen molar-refractivity contribution in [3.05, 3.63) is 252 Å². The molecule has 0 radical (unpaired) electrons. The maximum absolute atomic E-state index is 4.86. The Balaban J connectivity index is 1.04. The van der Waals surface area contributed by atoms with E-state index in [0.717, 1.165) is 29.8 Å². The van der Waals surface area contributed by atoms with E-state index in [1.165, 1.54) is 94.4 Å². The average molecular weight is 783 g/mol. The van der Waals surface area contributed by atoms with Gasteiger partial charge >= 0.3 is 0 Å². The highest BCUT2D eigenvalue weighted by Gasteiger charge is 2.53. The molecule has 0 saturated heterocycles.